The van der Waals surface area contributed by atoms with Crippen LogP contribution in [0.2, 0.25) is 0 Å². The Kier molecular flexibility index (Phi) is 4.85. The first-order valence-electron chi connectivity index (χ1n) is 10.1. The molecule has 3 heterocycles. The van der Waals surface area contributed by atoms with Crippen LogP contribution >= 0.6 is 0 Å². The Bertz CT molecular complexity index is 1150. The Morgan fingerprint density at radius 1 is 0.900 bits per heavy atom. The van der Waals surface area contributed by atoms with E-state index in [4.69, 9.17) is 0 Å². The number of nitrogens with zero attached hydrogens (tertiary/aromatic N) is 6. The highest BCUT2D eigenvalue weighted by Gasteiger charge is 2.22. The standard InChI is InChI=1S/C23H22N6O/c30-23(28-13-11-27(12-14-28)22-15-24-9-10-25-22)19-7-5-18(6-8-19)16-29-17-26-20-3-1-2-4-21(20)29/h1-10,15,17H,11-14,16H2. The number of anilines is 1. The molecule has 1 amide bonds. The van der Waals surface area contributed by atoms with Gasteiger partial charge >= 0.3 is 0 Å². The lowest BCUT2D eigenvalue weighted by molar-refractivity contribution is 0.0746. The lowest BCUT2D eigenvalue weighted by Gasteiger charge is -2.35. The van der Waals surface area contributed by atoms with Crippen molar-refractivity contribution in [1.29, 1.82) is 0 Å². The van der Waals surface area contributed by atoms with Crippen molar-refractivity contribution in [2.75, 3.05) is 31.1 Å². The third-order valence-electron chi connectivity index (χ3n) is 5.52. The Hall–Kier alpha value is -3.74. The number of piperazine rings is 1. The first-order chi connectivity index (χ1) is 14.8. The monoisotopic (exact) mass is 398 g/mol. The maximum absolute atomic E-state index is 12.9. The number of para-hydroxylation sites is 2. The lowest BCUT2D eigenvalue weighted by atomic mass is 10.1. The molecule has 150 valence electrons. The maximum Gasteiger partial charge on any atom is 0.253 e. The van der Waals surface area contributed by atoms with Gasteiger partial charge in [0, 0.05) is 50.7 Å². The van der Waals surface area contributed by atoms with Crippen LogP contribution in [0.5, 0.6) is 0 Å². The molecule has 0 saturated carbocycles. The van der Waals surface area contributed by atoms with E-state index in [2.05, 4.69) is 30.5 Å². The van der Waals surface area contributed by atoms with Gasteiger partial charge in [0.1, 0.15) is 5.82 Å². The zero-order valence-electron chi connectivity index (χ0n) is 16.6. The summed E-state index contributed by atoms with van der Waals surface area (Å²) in [7, 11) is 0. The molecule has 1 fully saturated rings. The highest BCUT2D eigenvalue weighted by atomic mass is 16.2. The van der Waals surface area contributed by atoms with E-state index < -0.39 is 0 Å². The molecule has 0 unspecified atom stereocenters. The summed E-state index contributed by atoms with van der Waals surface area (Å²) in [4.78, 5) is 29.9. The van der Waals surface area contributed by atoms with Crippen LogP contribution in [0, 0.1) is 0 Å². The molecule has 0 radical (unpaired) electrons. The first kappa shape index (κ1) is 18.3. The summed E-state index contributed by atoms with van der Waals surface area (Å²) in [6, 6.07) is 16.0. The number of carbonyl (C=O) groups is 1. The van der Waals surface area contributed by atoms with Gasteiger partial charge in [0.15, 0.2) is 0 Å². The molecule has 2 aromatic heterocycles. The normalized spacial score (nSPS) is 14.3. The molecule has 7 heteroatoms. The van der Waals surface area contributed by atoms with Crippen molar-refractivity contribution < 1.29 is 4.79 Å². The molecule has 1 saturated heterocycles. The van der Waals surface area contributed by atoms with E-state index in [9.17, 15) is 4.79 Å². The molecule has 0 aliphatic carbocycles. The zero-order chi connectivity index (χ0) is 20.3. The zero-order valence-corrected chi connectivity index (χ0v) is 16.6. The second kappa shape index (κ2) is 7.94. The van der Waals surface area contributed by atoms with E-state index >= 15 is 0 Å². The van der Waals surface area contributed by atoms with E-state index in [0.717, 1.165) is 47.6 Å². The molecule has 2 aromatic carbocycles. The lowest BCUT2D eigenvalue weighted by Crippen LogP contribution is -2.49. The number of amides is 1. The molecule has 30 heavy (non-hydrogen) atoms. The number of hydrogen-bond donors (Lipinski definition) is 0. The summed E-state index contributed by atoms with van der Waals surface area (Å²) in [6.45, 7) is 3.61. The molecule has 0 bridgehead atoms. The molecule has 1 aliphatic heterocycles. The van der Waals surface area contributed by atoms with Gasteiger partial charge in [0.05, 0.1) is 23.6 Å². The maximum atomic E-state index is 12.9. The van der Waals surface area contributed by atoms with Crippen molar-refractivity contribution >= 4 is 22.8 Å². The van der Waals surface area contributed by atoms with Gasteiger partial charge in [0.2, 0.25) is 0 Å². The van der Waals surface area contributed by atoms with Crippen molar-refractivity contribution in [1.82, 2.24) is 24.4 Å². The van der Waals surface area contributed by atoms with E-state index in [-0.39, 0.29) is 5.91 Å². The minimum Gasteiger partial charge on any atom is -0.352 e. The molecule has 0 N–H and O–H groups in total. The van der Waals surface area contributed by atoms with Gasteiger partial charge in [-0.2, -0.15) is 0 Å². The van der Waals surface area contributed by atoms with Crippen molar-refractivity contribution in [2.24, 2.45) is 0 Å². The highest BCUT2D eigenvalue weighted by Crippen LogP contribution is 2.17. The minimum absolute atomic E-state index is 0.0772. The van der Waals surface area contributed by atoms with Gasteiger partial charge in [-0.05, 0) is 29.8 Å². The van der Waals surface area contributed by atoms with Gasteiger partial charge in [-0.3, -0.25) is 9.78 Å². The Balaban J connectivity index is 1.23. The predicted octanol–water partition coefficient (Wildman–Crippen LogP) is 2.84. The van der Waals surface area contributed by atoms with Crippen molar-refractivity contribution in [3.63, 3.8) is 0 Å². The van der Waals surface area contributed by atoms with Gasteiger partial charge in [-0.15, -0.1) is 0 Å². The van der Waals surface area contributed by atoms with Crippen LogP contribution in [-0.2, 0) is 6.54 Å². The number of aromatic nitrogens is 4. The smallest absolute Gasteiger partial charge is 0.253 e. The van der Waals surface area contributed by atoms with Crippen LogP contribution in [0.4, 0.5) is 5.82 Å². The highest BCUT2D eigenvalue weighted by molar-refractivity contribution is 5.94. The fraction of sp³-hybridized carbons (Fsp3) is 0.217. The molecule has 7 nitrogen and oxygen atoms in total. The van der Waals surface area contributed by atoms with Gasteiger partial charge in [0.25, 0.3) is 5.91 Å². The van der Waals surface area contributed by atoms with E-state index in [1.165, 1.54) is 0 Å². The first-order valence-corrected chi connectivity index (χ1v) is 10.1. The number of rotatable bonds is 4. The Labute approximate surface area is 174 Å². The second-order valence-electron chi connectivity index (χ2n) is 7.40. The summed E-state index contributed by atoms with van der Waals surface area (Å²) >= 11 is 0. The summed E-state index contributed by atoms with van der Waals surface area (Å²) in [5, 5.41) is 0. The average Bonchev–Trinajstić information content (AvgIpc) is 3.23. The molecular formula is C23H22N6O. The van der Waals surface area contributed by atoms with Crippen LogP contribution in [0.1, 0.15) is 15.9 Å². The largest absolute Gasteiger partial charge is 0.352 e. The SMILES string of the molecule is O=C(c1ccc(Cn2cnc3ccccc32)cc1)N1CCN(c2cnccn2)CC1. The van der Waals surface area contributed by atoms with E-state index in [1.54, 1.807) is 18.6 Å². The predicted molar refractivity (Wildman–Crippen MR) is 115 cm³/mol. The fourth-order valence-electron chi connectivity index (χ4n) is 3.86. The summed E-state index contributed by atoms with van der Waals surface area (Å²) in [5.74, 6) is 0.939. The molecule has 4 aromatic rings. The van der Waals surface area contributed by atoms with Crippen LogP contribution in [0.15, 0.2) is 73.4 Å². The molecule has 5 rings (SSSR count). The summed E-state index contributed by atoms with van der Waals surface area (Å²) < 4.78 is 2.12. The number of hydrogen-bond acceptors (Lipinski definition) is 5. The number of benzene rings is 2. The average molecular weight is 398 g/mol. The Morgan fingerprint density at radius 3 is 2.47 bits per heavy atom. The van der Waals surface area contributed by atoms with Crippen LogP contribution in [0.3, 0.4) is 0 Å². The molecule has 0 atom stereocenters. The van der Waals surface area contributed by atoms with Crippen LogP contribution < -0.4 is 4.90 Å². The summed E-state index contributed by atoms with van der Waals surface area (Å²) in [6.07, 6.45) is 6.99. The second-order valence-corrected chi connectivity index (χ2v) is 7.40. The van der Waals surface area contributed by atoms with Gasteiger partial charge < -0.3 is 14.4 Å². The Morgan fingerprint density at radius 2 is 1.70 bits per heavy atom. The molecule has 0 spiro atoms. The minimum atomic E-state index is 0.0772. The topological polar surface area (TPSA) is 67.2 Å². The van der Waals surface area contributed by atoms with E-state index in [1.807, 2.05) is 53.7 Å². The van der Waals surface area contributed by atoms with Crippen LogP contribution in [-0.4, -0.2) is 56.5 Å². The van der Waals surface area contributed by atoms with Crippen LogP contribution in [0.25, 0.3) is 11.0 Å². The number of imidazole rings is 1. The van der Waals surface area contributed by atoms with Crippen molar-refractivity contribution in [3.8, 4) is 0 Å². The quantitative estimate of drug-likeness (QED) is 0.529. The third kappa shape index (κ3) is 3.61. The van der Waals surface area contributed by atoms with Gasteiger partial charge in [-0.25, -0.2) is 9.97 Å². The van der Waals surface area contributed by atoms with Gasteiger partial charge in [-0.1, -0.05) is 24.3 Å². The van der Waals surface area contributed by atoms with E-state index in [0.29, 0.717) is 13.1 Å². The third-order valence-corrected chi connectivity index (χ3v) is 5.52. The summed E-state index contributed by atoms with van der Waals surface area (Å²) in [5.41, 5.74) is 3.97. The number of fused-ring (bicyclic) bond motifs is 1. The van der Waals surface area contributed by atoms with Crippen molar-refractivity contribution in [2.45, 2.75) is 6.54 Å². The van der Waals surface area contributed by atoms with Crippen molar-refractivity contribution in [3.05, 3.63) is 84.6 Å². The molecule has 1 aliphatic rings. The molecular weight excluding hydrogens is 376 g/mol. The fourth-order valence-corrected chi connectivity index (χ4v) is 3.86. The number of carbonyl (C=O) groups excluding carboxylic acids is 1.